The summed E-state index contributed by atoms with van der Waals surface area (Å²) in [6.45, 7) is 4.48. The fourth-order valence-electron chi connectivity index (χ4n) is 2.34. The number of halogens is 1. The van der Waals surface area contributed by atoms with Crippen molar-refractivity contribution in [3.8, 4) is 0 Å². The zero-order valence-corrected chi connectivity index (χ0v) is 11.4. The molecule has 1 aliphatic carbocycles. The molecule has 0 atom stereocenters. The highest BCUT2D eigenvalue weighted by atomic mass is 35.5. The highest BCUT2D eigenvalue weighted by Gasteiger charge is 2.31. The van der Waals surface area contributed by atoms with E-state index in [2.05, 4.69) is 19.2 Å². The molecule has 0 amide bonds. The molecule has 0 unspecified atom stereocenters. The molecule has 2 N–H and O–H groups in total. The lowest BCUT2D eigenvalue weighted by atomic mass is 9.73. The topological polar surface area (TPSA) is 49.3 Å². The SMILES string of the molecule is CC(C)C1CC(Nc2ccc(Cl)c(C(=O)O)c2)C1. The summed E-state index contributed by atoms with van der Waals surface area (Å²) in [5.74, 6) is 0.522. The summed E-state index contributed by atoms with van der Waals surface area (Å²) < 4.78 is 0. The maximum atomic E-state index is 11.0. The third-order valence-electron chi connectivity index (χ3n) is 3.68. The van der Waals surface area contributed by atoms with Crippen molar-refractivity contribution in [3.63, 3.8) is 0 Å². The van der Waals surface area contributed by atoms with Crippen molar-refractivity contribution in [2.24, 2.45) is 11.8 Å². The number of hydrogen-bond donors (Lipinski definition) is 2. The van der Waals surface area contributed by atoms with Crippen LogP contribution in [0, 0.1) is 11.8 Å². The lowest BCUT2D eigenvalue weighted by Crippen LogP contribution is -2.37. The second kappa shape index (κ2) is 5.19. The second-order valence-electron chi connectivity index (χ2n) is 5.32. The molecule has 98 valence electrons. The number of nitrogens with one attached hydrogen (secondary N) is 1. The first kappa shape index (κ1) is 13.2. The molecule has 2 rings (SSSR count). The van der Waals surface area contributed by atoms with Crippen LogP contribution < -0.4 is 5.32 Å². The number of carbonyl (C=O) groups is 1. The van der Waals surface area contributed by atoms with Gasteiger partial charge in [0, 0.05) is 11.7 Å². The summed E-state index contributed by atoms with van der Waals surface area (Å²) >= 11 is 5.83. The Balaban J connectivity index is 1.99. The van der Waals surface area contributed by atoms with Crippen LogP contribution in [-0.4, -0.2) is 17.1 Å². The Bertz CT molecular complexity index is 453. The van der Waals surface area contributed by atoms with E-state index in [-0.39, 0.29) is 10.6 Å². The Morgan fingerprint density at radius 1 is 1.44 bits per heavy atom. The van der Waals surface area contributed by atoms with E-state index < -0.39 is 5.97 Å². The van der Waals surface area contributed by atoms with Crippen LogP contribution in [0.25, 0.3) is 0 Å². The van der Waals surface area contributed by atoms with Crippen LogP contribution in [0.3, 0.4) is 0 Å². The van der Waals surface area contributed by atoms with Gasteiger partial charge in [-0.2, -0.15) is 0 Å². The van der Waals surface area contributed by atoms with Gasteiger partial charge in [-0.1, -0.05) is 25.4 Å². The Kier molecular flexibility index (Phi) is 3.81. The van der Waals surface area contributed by atoms with Crippen LogP contribution >= 0.6 is 11.6 Å². The number of carboxylic acids is 1. The average Bonchev–Trinajstić information content (AvgIpc) is 2.23. The van der Waals surface area contributed by atoms with Crippen LogP contribution in [0.15, 0.2) is 18.2 Å². The zero-order chi connectivity index (χ0) is 13.3. The molecule has 0 radical (unpaired) electrons. The monoisotopic (exact) mass is 267 g/mol. The van der Waals surface area contributed by atoms with E-state index in [1.54, 1.807) is 12.1 Å². The molecule has 0 spiro atoms. The fraction of sp³-hybridized carbons (Fsp3) is 0.500. The standard InChI is InChI=1S/C14H18ClNO2/c1-8(2)9-5-11(6-9)16-10-3-4-13(15)12(7-10)14(17)18/h3-4,7-9,11,16H,5-6H2,1-2H3,(H,17,18). The Hall–Kier alpha value is -1.22. The van der Waals surface area contributed by atoms with Gasteiger partial charge in [0.1, 0.15) is 0 Å². The van der Waals surface area contributed by atoms with E-state index >= 15 is 0 Å². The Morgan fingerprint density at radius 3 is 2.67 bits per heavy atom. The minimum absolute atomic E-state index is 0.154. The predicted octanol–water partition coefficient (Wildman–Crippen LogP) is 3.88. The van der Waals surface area contributed by atoms with Gasteiger partial charge < -0.3 is 10.4 Å². The minimum atomic E-state index is -0.989. The molecule has 4 heteroatoms. The van der Waals surface area contributed by atoms with Crippen molar-refractivity contribution < 1.29 is 9.90 Å². The van der Waals surface area contributed by atoms with Crippen LogP contribution in [0.2, 0.25) is 5.02 Å². The van der Waals surface area contributed by atoms with Gasteiger partial charge in [-0.25, -0.2) is 4.79 Å². The first-order valence-electron chi connectivity index (χ1n) is 6.26. The van der Waals surface area contributed by atoms with Crippen LogP contribution in [-0.2, 0) is 0 Å². The fourth-order valence-corrected chi connectivity index (χ4v) is 2.54. The Labute approximate surface area is 112 Å². The van der Waals surface area contributed by atoms with Gasteiger partial charge >= 0.3 is 5.97 Å². The molecule has 0 heterocycles. The van der Waals surface area contributed by atoms with Gasteiger partial charge in [0.25, 0.3) is 0 Å². The van der Waals surface area contributed by atoms with Crippen LogP contribution in [0.4, 0.5) is 5.69 Å². The minimum Gasteiger partial charge on any atom is -0.478 e. The van der Waals surface area contributed by atoms with Crippen LogP contribution in [0.1, 0.15) is 37.0 Å². The molecule has 1 aromatic carbocycles. The largest absolute Gasteiger partial charge is 0.478 e. The van der Waals surface area contributed by atoms with Gasteiger partial charge in [0.2, 0.25) is 0 Å². The molecule has 3 nitrogen and oxygen atoms in total. The molecule has 1 saturated carbocycles. The van der Waals surface area contributed by atoms with Gasteiger partial charge in [-0.05, 0) is 42.9 Å². The Morgan fingerprint density at radius 2 is 2.11 bits per heavy atom. The van der Waals surface area contributed by atoms with Crippen molar-refractivity contribution in [1.29, 1.82) is 0 Å². The number of benzene rings is 1. The van der Waals surface area contributed by atoms with Gasteiger partial charge in [0.15, 0.2) is 0 Å². The van der Waals surface area contributed by atoms with Crippen molar-refractivity contribution in [2.45, 2.75) is 32.7 Å². The first-order valence-corrected chi connectivity index (χ1v) is 6.64. The van der Waals surface area contributed by atoms with Crippen molar-refractivity contribution >= 4 is 23.3 Å². The summed E-state index contributed by atoms with van der Waals surface area (Å²) in [6, 6.07) is 5.52. The zero-order valence-electron chi connectivity index (χ0n) is 10.6. The quantitative estimate of drug-likeness (QED) is 0.870. The molecular weight excluding hydrogens is 250 g/mol. The summed E-state index contributed by atoms with van der Waals surface area (Å²) in [4.78, 5) is 11.0. The molecule has 0 bridgehead atoms. The molecule has 18 heavy (non-hydrogen) atoms. The average molecular weight is 268 g/mol. The molecule has 1 fully saturated rings. The molecule has 0 saturated heterocycles. The third kappa shape index (κ3) is 2.78. The van der Waals surface area contributed by atoms with Crippen molar-refractivity contribution in [3.05, 3.63) is 28.8 Å². The van der Waals surface area contributed by atoms with Crippen molar-refractivity contribution in [2.75, 3.05) is 5.32 Å². The van der Waals surface area contributed by atoms with E-state index in [4.69, 9.17) is 16.7 Å². The smallest absolute Gasteiger partial charge is 0.337 e. The third-order valence-corrected chi connectivity index (χ3v) is 4.01. The van der Waals surface area contributed by atoms with Crippen molar-refractivity contribution in [1.82, 2.24) is 0 Å². The molecule has 1 aromatic rings. The van der Waals surface area contributed by atoms with Gasteiger partial charge in [-0.3, -0.25) is 0 Å². The number of aromatic carboxylic acids is 1. The normalized spacial score (nSPS) is 22.7. The van der Waals surface area contributed by atoms with Gasteiger partial charge in [0.05, 0.1) is 10.6 Å². The van der Waals surface area contributed by atoms with Gasteiger partial charge in [-0.15, -0.1) is 0 Å². The lowest BCUT2D eigenvalue weighted by Gasteiger charge is -2.39. The van der Waals surface area contributed by atoms with Crippen LogP contribution in [0.5, 0.6) is 0 Å². The molecule has 0 aromatic heterocycles. The first-order chi connectivity index (χ1) is 8.47. The second-order valence-corrected chi connectivity index (χ2v) is 5.72. The lowest BCUT2D eigenvalue weighted by molar-refractivity contribution is 0.0697. The predicted molar refractivity (Wildman–Crippen MR) is 73.4 cm³/mol. The number of hydrogen-bond acceptors (Lipinski definition) is 2. The maximum absolute atomic E-state index is 11.0. The van der Waals surface area contributed by atoms with E-state index in [1.807, 2.05) is 6.07 Å². The summed E-state index contributed by atoms with van der Waals surface area (Å²) in [5.41, 5.74) is 0.991. The van der Waals surface area contributed by atoms with E-state index in [1.165, 1.54) is 0 Å². The van der Waals surface area contributed by atoms with E-state index in [0.29, 0.717) is 6.04 Å². The molecular formula is C14H18ClNO2. The highest BCUT2D eigenvalue weighted by molar-refractivity contribution is 6.33. The number of carboxylic acid groups (broad SMARTS) is 1. The van der Waals surface area contributed by atoms with E-state index in [0.717, 1.165) is 30.4 Å². The summed E-state index contributed by atoms with van der Waals surface area (Å²) in [5, 5.41) is 12.6. The highest BCUT2D eigenvalue weighted by Crippen LogP contribution is 2.35. The summed E-state index contributed by atoms with van der Waals surface area (Å²) in [7, 11) is 0. The number of rotatable bonds is 4. The van der Waals surface area contributed by atoms with E-state index in [9.17, 15) is 4.79 Å². The maximum Gasteiger partial charge on any atom is 0.337 e. The molecule has 1 aliphatic rings. The molecule has 0 aliphatic heterocycles. The summed E-state index contributed by atoms with van der Waals surface area (Å²) in [6.07, 6.45) is 2.31. The number of anilines is 1.